The topological polar surface area (TPSA) is 54.0 Å². The van der Waals surface area contributed by atoms with Gasteiger partial charge in [0.15, 0.2) is 5.13 Å². The zero-order valence-corrected chi connectivity index (χ0v) is 10.4. The van der Waals surface area contributed by atoms with Crippen molar-refractivity contribution < 1.29 is 4.79 Å². The summed E-state index contributed by atoms with van der Waals surface area (Å²) in [6, 6.07) is 0.227. The number of rotatable bonds is 4. The normalized spacial score (nSPS) is 17.9. The Morgan fingerprint density at radius 3 is 2.94 bits per heavy atom. The lowest BCUT2D eigenvalue weighted by atomic mass is 9.85. The Hall–Kier alpha value is -0.940. The summed E-state index contributed by atoms with van der Waals surface area (Å²) in [6.07, 6.45) is 3.23. The van der Waals surface area contributed by atoms with Crippen LogP contribution in [-0.4, -0.2) is 17.9 Å². The first-order valence-electron chi connectivity index (χ1n) is 5.64. The molecule has 0 spiro atoms. The van der Waals surface area contributed by atoms with Crippen molar-refractivity contribution in [3.63, 3.8) is 0 Å². The fourth-order valence-corrected chi connectivity index (χ4v) is 2.38. The predicted octanol–water partition coefficient (Wildman–Crippen LogP) is 2.16. The van der Waals surface area contributed by atoms with E-state index in [1.165, 1.54) is 17.8 Å². The van der Waals surface area contributed by atoms with Gasteiger partial charge in [0.25, 0.3) is 0 Å². The van der Waals surface area contributed by atoms with Gasteiger partial charge in [-0.3, -0.25) is 4.79 Å². The second-order valence-corrected chi connectivity index (χ2v) is 5.06. The van der Waals surface area contributed by atoms with Gasteiger partial charge >= 0.3 is 0 Å². The van der Waals surface area contributed by atoms with Crippen LogP contribution in [0.4, 0.5) is 5.13 Å². The molecule has 0 aliphatic heterocycles. The maximum Gasteiger partial charge on any atom is 0.229 e. The van der Waals surface area contributed by atoms with Crippen LogP contribution in [0.15, 0.2) is 5.38 Å². The van der Waals surface area contributed by atoms with E-state index >= 15 is 0 Å². The molecule has 1 unspecified atom stereocenters. The molecule has 4 nitrogen and oxygen atoms in total. The van der Waals surface area contributed by atoms with Gasteiger partial charge in [0.1, 0.15) is 0 Å². The van der Waals surface area contributed by atoms with Crippen molar-refractivity contribution in [1.82, 2.24) is 10.3 Å². The van der Waals surface area contributed by atoms with Gasteiger partial charge in [-0.2, -0.15) is 0 Å². The van der Waals surface area contributed by atoms with E-state index in [4.69, 9.17) is 0 Å². The Bertz CT molecular complexity index is 373. The summed E-state index contributed by atoms with van der Waals surface area (Å²) in [5.74, 6) is 0.346. The molecule has 2 N–H and O–H groups in total. The second-order valence-electron chi connectivity index (χ2n) is 4.20. The van der Waals surface area contributed by atoms with Crippen LogP contribution in [0.25, 0.3) is 0 Å². The molecular formula is C11H17N3OS. The number of amides is 1. The van der Waals surface area contributed by atoms with E-state index in [9.17, 15) is 4.79 Å². The molecule has 0 saturated heterocycles. The molecule has 16 heavy (non-hydrogen) atoms. The van der Waals surface area contributed by atoms with Crippen LogP contribution in [0, 0.1) is 5.92 Å². The summed E-state index contributed by atoms with van der Waals surface area (Å²) >= 11 is 1.49. The van der Waals surface area contributed by atoms with Crippen molar-refractivity contribution in [3.05, 3.63) is 11.1 Å². The molecule has 1 aromatic heterocycles. The van der Waals surface area contributed by atoms with Crippen LogP contribution >= 0.6 is 11.3 Å². The third-order valence-electron chi connectivity index (χ3n) is 3.10. The minimum atomic E-state index is 0.129. The number of hydrogen-bond acceptors (Lipinski definition) is 4. The van der Waals surface area contributed by atoms with E-state index in [0.29, 0.717) is 5.13 Å². The van der Waals surface area contributed by atoms with Crippen LogP contribution in [0.5, 0.6) is 0 Å². The van der Waals surface area contributed by atoms with Gasteiger partial charge in [-0.15, -0.1) is 11.3 Å². The summed E-state index contributed by atoms with van der Waals surface area (Å²) < 4.78 is 0. The summed E-state index contributed by atoms with van der Waals surface area (Å²) in [6.45, 7) is 2.05. The predicted molar refractivity (Wildman–Crippen MR) is 65.6 cm³/mol. The van der Waals surface area contributed by atoms with Crippen molar-refractivity contribution >= 4 is 22.4 Å². The molecule has 1 aliphatic carbocycles. The van der Waals surface area contributed by atoms with Gasteiger partial charge in [-0.05, 0) is 26.8 Å². The number of hydrogen-bond donors (Lipinski definition) is 2. The van der Waals surface area contributed by atoms with Crippen LogP contribution in [0.3, 0.4) is 0 Å². The van der Waals surface area contributed by atoms with Crippen molar-refractivity contribution in [2.24, 2.45) is 5.92 Å². The highest BCUT2D eigenvalue weighted by Gasteiger charge is 2.25. The van der Waals surface area contributed by atoms with Crippen LogP contribution in [-0.2, 0) is 4.79 Å². The van der Waals surface area contributed by atoms with Crippen LogP contribution in [0.2, 0.25) is 0 Å². The van der Waals surface area contributed by atoms with Crippen molar-refractivity contribution in [2.45, 2.75) is 32.2 Å². The first-order chi connectivity index (χ1) is 7.70. The Kier molecular flexibility index (Phi) is 3.56. The van der Waals surface area contributed by atoms with E-state index in [1.807, 2.05) is 19.4 Å². The number of thiazole rings is 1. The van der Waals surface area contributed by atoms with E-state index in [1.54, 1.807) is 0 Å². The number of carbonyl (C=O) groups is 1. The molecule has 1 amide bonds. The molecular weight excluding hydrogens is 222 g/mol. The number of aromatic nitrogens is 1. The van der Waals surface area contributed by atoms with Gasteiger partial charge in [-0.1, -0.05) is 6.42 Å². The van der Waals surface area contributed by atoms with E-state index < -0.39 is 0 Å². The molecule has 1 heterocycles. The summed E-state index contributed by atoms with van der Waals surface area (Å²) in [5, 5.41) is 8.71. The molecule has 1 fully saturated rings. The van der Waals surface area contributed by atoms with Gasteiger partial charge < -0.3 is 10.6 Å². The van der Waals surface area contributed by atoms with Crippen molar-refractivity contribution in [2.75, 3.05) is 12.4 Å². The highest BCUT2D eigenvalue weighted by Crippen LogP contribution is 2.28. The second kappa shape index (κ2) is 4.93. The van der Waals surface area contributed by atoms with E-state index in [0.717, 1.165) is 18.5 Å². The van der Waals surface area contributed by atoms with Crippen LogP contribution in [0.1, 0.15) is 37.9 Å². The molecule has 0 radical (unpaired) electrons. The Morgan fingerprint density at radius 2 is 2.38 bits per heavy atom. The lowest BCUT2D eigenvalue weighted by Gasteiger charge is -2.23. The Labute approximate surface area is 99.5 Å². The molecule has 1 atom stereocenters. The van der Waals surface area contributed by atoms with Gasteiger partial charge in [-0.25, -0.2) is 4.98 Å². The molecule has 1 saturated carbocycles. The van der Waals surface area contributed by atoms with Gasteiger partial charge in [0, 0.05) is 17.3 Å². The molecule has 1 aromatic rings. The smallest absolute Gasteiger partial charge is 0.229 e. The monoisotopic (exact) mass is 239 g/mol. The summed E-state index contributed by atoms with van der Waals surface area (Å²) in [5.41, 5.74) is 0.983. The SMILES string of the molecule is CNC(C)c1csc(NC(=O)C2CCC2)n1. The number of nitrogens with zero attached hydrogens (tertiary/aromatic N) is 1. The Balaban J connectivity index is 1.94. The minimum Gasteiger partial charge on any atom is -0.312 e. The largest absolute Gasteiger partial charge is 0.312 e. The molecule has 2 rings (SSSR count). The van der Waals surface area contributed by atoms with Crippen molar-refractivity contribution in [3.8, 4) is 0 Å². The van der Waals surface area contributed by atoms with Crippen LogP contribution < -0.4 is 10.6 Å². The first kappa shape index (κ1) is 11.5. The summed E-state index contributed by atoms with van der Waals surface area (Å²) in [4.78, 5) is 16.1. The first-order valence-corrected chi connectivity index (χ1v) is 6.52. The molecule has 0 aromatic carbocycles. The maximum absolute atomic E-state index is 11.7. The highest BCUT2D eigenvalue weighted by molar-refractivity contribution is 7.13. The number of anilines is 1. The van der Waals surface area contributed by atoms with E-state index in [-0.39, 0.29) is 17.9 Å². The van der Waals surface area contributed by atoms with E-state index in [2.05, 4.69) is 15.6 Å². The third kappa shape index (κ3) is 2.41. The molecule has 1 aliphatic rings. The fraction of sp³-hybridized carbons (Fsp3) is 0.636. The standard InChI is InChI=1S/C11H17N3OS/c1-7(12-2)9-6-16-11(13-9)14-10(15)8-4-3-5-8/h6-8,12H,3-5H2,1-2H3,(H,13,14,15). The zero-order chi connectivity index (χ0) is 11.5. The highest BCUT2D eigenvalue weighted by atomic mass is 32.1. The average Bonchev–Trinajstić information content (AvgIpc) is 2.62. The Morgan fingerprint density at radius 1 is 1.62 bits per heavy atom. The third-order valence-corrected chi connectivity index (χ3v) is 3.88. The average molecular weight is 239 g/mol. The number of nitrogens with one attached hydrogen (secondary N) is 2. The zero-order valence-electron chi connectivity index (χ0n) is 9.62. The molecule has 88 valence electrons. The number of carbonyl (C=O) groups excluding carboxylic acids is 1. The maximum atomic E-state index is 11.7. The lowest BCUT2D eigenvalue weighted by molar-refractivity contribution is -0.122. The van der Waals surface area contributed by atoms with Crippen molar-refractivity contribution in [1.29, 1.82) is 0 Å². The van der Waals surface area contributed by atoms with Gasteiger partial charge in [0.05, 0.1) is 5.69 Å². The van der Waals surface area contributed by atoms with Gasteiger partial charge in [0.2, 0.25) is 5.91 Å². The molecule has 5 heteroatoms. The molecule has 0 bridgehead atoms. The quantitative estimate of drug-likeness (QED) is 0.846. The fourth-order valence-electron chi connectivity index (χ4n) is 1.57. The lowest BCUT2D eigenvalue weighted by Crippen LogP contribution is -2.28. The minimum absolute atomic E-state index is 0.129. The summed E-state index contributed by atoms with van der Waals surface area (Å²) in [7, 11) is 1.90.